The Kier molecular flexibility index (Phi) is 12.4. The summed E-state index contributed by atoms with van der Waals surface area (Å²) in [6, 6.07) is 5.29. The highest BCUT2D eigenvalue weighted by Gasteiger charge is 2.40. The maximum atomic E-state index is 13.2. The van der Waals surface area contributed by atoms with E-state index in [9.17, 15) is 14.4 Å². The summed E-state index contributed by atoms with van der Waals surface area (Å²) in [6.07, 6.45) is 3.72. The number of quaternary nitrogens is 1. The van der Waals surface area contributed by atoms with Gasteiger partial charge in [0, 0.05) is 13.1 Å². The number of para-hydroxylation sites is 1. The number of nitrogens with one attached hydrogen (secondary N) is 1. The number of hydrogen-bond donors (Lipinski definition) is 1. The van der Waals surface area contributed by atoms with E-state index in [-0.39, 0.29) is 48.3 Å². The third kappa shape index (κ3) is 7.67. The molecule has 1 N–H and O–H groups in total. The number of benzene rings is 1. The predicted octanol–water partition coefficient (Wildman–Crippen LogP) is 0.619. The fraction of sp³-hybridized carbons (Fsp3) is 0.640. The van der Waals surface area contributed by atoms with E-state index in [0.29, 0.717) is 22.3 Å². The largest absolute Gasteiger partial charge is 1.00 e. The summed E-state index contributed by atoms with van der Waals surface area (Å²) < 4.78 is 5.46. The Morgan fingerprint density at radius 3 is 2.39 bits per heavy atom. The third-order valence-electron chi connectivity index (χ3n) is 6.53. The van der Waals surface area contributed by atoms with Crippen molar-refractivity contribution in [2.24, 2.45) is 5.92 Å². The summed E-state index contributed by atoms with van der Waals surface area (Å²) >= 11 is 0. The quantitative estimate of drug-likeness (QED) is 0.253. The molecule has 1 aliphatic rings. The van der Waals surface area contributed by atoms with E-state index in [1.54, 1.807) is 12.1 Å². The first-order valence-electron chi connectivity index (χ1n) is 11.9. The number of amides is 2. The number of esters is 1. The van der Waals surface area contributed by atoms with Gasteiger partial charge in [-0.05, 0) is 51.2 Å². The molecule has 0 radical (unpaired) electrons. The van der Waals surface area contributed by atoms with E-state index < -0.39 is 5.97 Å². The zero-order valence-electron chi connectivity index (χ0n) is 20.8. The molecule has 1 aromatic rings. The van der Waals surface area contributed by atoms with Crippen LogP contribution in [0, 0.1) is 12.8 Å². The maximum Gasteiger partial charge on any atom is 0.339 e. The first kappa shape index (κ1) is 29.4. The summed E-state index contributed by atoms with van der Waals surface area (Å²) in [5.74, 6) is -0.423. The third-order valence-corrected chi connectivity index (χ3v) is 6.53. The smallest absolute Gasteiger partial charge is 0.339 e. The average molecular weight is 574 g/mol. The number of nitrogens with zero attached hydrogens (tertiary/aromatic N) is 2. The Morgan fingerprint density at radius 1 is 1.15 bits per heavy atom. The van der Waals surface area contributed by atoms with Crippen molar-refractivity contribution in [1.82, 2.24) is 4.90 Å². The van der Waals surface area contributed by atoms with Crippen LogP contribution in [0.4, 0.5) is 5.69 Å². The highest BCUT2D eigenvalue weighted by Crippen LogP contribution is 2.27. The average Bonchev–Trinajstić information content (AvgIpc) is 2.79. The van der Waals surface area contributed by atoms with Crippen molar-refractivity contribution >= 4 is 23.5 Å². The predicted molar refractivity (Wildman–Crippen MR) is 126 cm³/mol. The van der Waals surface area contributed by atoms with Crippen LogP contribution in [0.5, 0.6) is 0 Å². The molecule has 1 aromatic carbocycles. The summed E-state index contributed by atoms with van der Waals surface area (Å²) in [4.78, 5) is 40.5. The molecule has 0 spiro atoms. The first-order chi connectivity index (χ1) is 15.3. The number of hydrogen-bond acceptors (Lipinski definition) is 4. The molecule has 1 saturated heterocycles. The van der Waals surface area contributed by atoms with Crippen molar-refractivity contribution in [3.05, 3.63) is 29.3 Å². The number of likely N-dealkylation sites (N-methyl/N-ethyl adjacent to an activating group) is 1. The van der Waals surface area contributed by atoms with Gasteiger partial charge in [-0.15, -0.1) is 0 Å². The molecule has 0 aromatic heterocycles. The number of aryl methyl sites for hydroxylation is 1. The second-order valence-electron chi connectivity index (χ2n) is 8.92. The van der Waals surface area contributed by atoms with Crippen molar-refractivity contribution in [2.45, 2.75) is 53.4 Å². The first-order valence-corrected chi connectivity index (χ1v) is 11.9. The molecule has 33 heavy (non-hydrogen) atoms. The van der Waals surface area contributed by atoms with Gasteiger partial charge in [-0.3, -0.25) is 9.59 Å². The lowest BCUT2D eigenvalue weighted by Crippen LogP contribution is -3.00. The van der Waals surface area contributed by atoms with Crippen LogP contribution in [-0.2, 0) is 14.3 Å². The van der Waals surface area contributed by atoms with Gasteiger partial charge in [0.05, 0.1) is 43.9 Å². The SMILES string of the molecule is CCCN(CCC)C(=O)C1CCC[N+](CC)(CC(=O)Nc2c(C)cccc2C(=O)OC)C1.[I-]. The zero-order chi connectivity index (χ0) is 23.7. The molecule has 0 bridgehead atoms. The number of carbonyl (C=O) groups excluding carboxylic acids is 3. The molecule has 1 aliphatic heterocycles. The van der Waals surface area contributed by atoms with Crippen LogP contribution < -0.4 is 29.3 Å². The molecular weight excluding hydrogens is 533 g/mol. The molecule has 2 atom stereocenters. The monoisotopic (exact) mass is 573 g/mol. The molecule has 2 amide bonds. The fourth-order valence-corrected chi connectivity index (χ4v) is 4.79. The molecule has 1 heterocycles. The lowest BCUT2D eigenvalue weighted by Gasteiger charge is -2.43. The van der Waals surface area contributed by atoms with Crippen molar-refractivity contribution in [3.63, 3.8) is 0 Å². The van der Waals surface area contributed by atoms with E-state index in [1.807, 2.05) is 17.9 Å². The van der Waals surface area contributed by atoms with E-state index in [4.69, 9.17) is 4.74 Å². The number of anilines is 1. The summed E-state index contributed by atoms with van der Waals surface area (Å²) in [7, 11) is 1.33. The number of piperidine rings is 1. The van der Waals surface area contributed by atoms with Crippen molar-refractivity contribution in [3.8, 4) is 0 Å². The van der Waals surface area contributed by atoms with Gasteiger partial charge in [-0.1, -0.05) is 26.0 Å². The standard InChI is InChI=1S/C25H39N3O4.HI/c1-6-14-27(15-7-2)24(30)20-12-10-16-28(8-3,17-20)18-22(29)26-23-19(4)11-9-13-21(23)25(31)32-5;/h9,11,13,20H,6-8,10,12,14-18H2,1-5H3;1H. The lowest BCUT2D eigenvalue weighted by molar-refractivity contribution is -0.925. The van der Waals surface area contributed by atoms with E-state index >= 15 is 0 Å². The van der Waals surface area contributed by atoms with E-state index in [2.05, 4.69) is 26.1 Å². The summed E-state index contributed by atoms with van der Waals surface area (Å²) in [5.41, 5.74) is 1.66. The minimum atomic E-state index is -0.473. The van der Waals surface area contributed by atoms with Crippen LogP contribution in [0.1, 0.15) is 62.4 Å². The molecule has 0 saturated carbocycles. The number of ether oxygens (including phenoxy) is 1. The molecule has 2 unspecified atom stereocenters. The highest BCUT2D eigenvalue weighted by molar-refractivity contribution is 6.02. The minimum Gasteiger partial charge on any atom is -1.00 e. The van der Waals surface area contributed by atoms with Gasteiger partial charge in [0.25, 0.3) is 5.91 Å². The van der Waals surface area contributed by atoms with Crippen LogP contribution in [0.3, 0.4) is 0 Å². The number of carbonyl (C=O) groups is 3. The fourth-order valence-electron chi connectivity index (χ4n) is 4.79. The van der Waals surface area contributed by atoms with Crippen LogP contribution in [0.2, 0.25) is 0 Å². The molecule has 186 valence electrons. The topological polar surface area (TPSA) is 75.7 Å². The van der Waals surface area contributed by atoms with Gasteiger partial charge in [0.15, 0.2) is 6.54 Å². The van der Waals surface area contributed by atoms with Gasteiger partial charge in [-0.2, -0.15) is 0 Å². The lowest BCUT2D eigenvalue weighted by atomic mass is 9.93. The second kappa shape index (κ2) is 13.9. The van der Waals surface area contributed by atoms with Crippen LogP contribution in [-0.4, -0.2) is 73.5 Å². The molecule has 8 heteroatoms. The molecule has 1 fully saturated rings. The van der Waals surface area contributed by atoms with Gasteiger partial charge >= 0.3 is 5.97 Å². The van der Waals surface area contributed by atoms with Gasteiger partial charge in [0.1, 0.15) is 0 Å². The van der Waals surface area contributed by atoms with Crippen molar-refractivity contribution < 1.29 is 47.6 Å². The Bertz CT molecular complexity index is 811. The van der Waals surface area contributed by atoms with Gasteiger partial charge in [0.2, 0.25) is 5.91 Å². The molecule has 2 rings (SSSR count). The minimum absolute atomic E-state index is 0. The summed E-state index contributed by atoms with van der Waals surface area (Å²) in [5, 5.41) is 2.96. The summed E-state index contributed by atoms with van der Waals surface area (Å²) in [6.45, 7) is 12.4. The Labute approximate surface area is 215 Å². The Hall–Kier alpha value is -1.68. The number of methoxy groups -OCH3 is 1. The highest BCUT2D eigenvalue weighted by atomic mass is 127. The number of halogens is 1. The maximum absolute atomic E-state index is 13.2. The number of likely N-dealkylation sites (tertiary alicyclic amines) is 1. The zero-order valence-corrected chi connectivity index (χ0v) is 22.9. The molecule has 0 aliphatic carbocycles. The van der Waals surface area contributed by atoms with Crippen molar-refractivity contribution in [2.75, 3.05) is 51.7 Å². The van der Waals surface area contributed by atoms with E-state index in [0.717, 1.165) is 57.4 Å². The van der Waals surface area contributed by atoms with Gasteiger partial charge < -0.3 is 43.4 Å². The normalized spacial score (nSPS) is 19.8. The van der Waals surface area contributed by atoms with E-state index in [1.165, 1.54) is 7.11 Å². The molecular formula is C25H40IN3O4. The Balaban J connectivity index is 0.00000544. The van der Waals surface area contributed by atoms with Gasteiger partial charge in [-0.25, -0.2) is 4.79 Å². The van der Waals surface area contributed by atoms with Crippen LogP contribution >= 0.6 is 0 Å². The van der Waals surface area contributed by atoms with Crippen LogP contribution in [0.25, 0.3) is 0 Å². The second-order valence-corrected chi connectivity index (χ2v) is 8.92. The van der Waals surface area contributed by atoms with Crippen LogP contribution in [0.15, 0.2) is 18.2 Å². The Morgan fingerprint density at radius 2 is 1.82 bits per heavy atom. The van der Waals surface area contributed by atoms with Crippen molar-refractivity contribution in [1.29, 1.82) is 0 Å². The number of rotatable bonds is 10. The molecule has 7 nitrogen and oxygen atoms in total.